The zero-order valence-corrected chi connectivity index (χ0v) is 12.7. The van der Waals surface area contributed by atoms with E-state index in [-0.39, 0.29) is 5.91 Å². The van der Waals surface area contributed by atoms with Crippen LogP contribution in [0.4, 0.5) is 5.69 Å². The largest absolute Gasteiger partial charge is 0.397 e. The fourth-order valence-corrected chi connectivity index (χ4v) is 3.13. The van der Waals surface area contributed by atoms with Crippen molar-refractivity contribution in [1.29, 1.82) is 0 Å². The highest BCUT2D eigenvalue weighted by Gasteiger charge is 2.16. The molecule has 0 fully saturated rings. The van der Waals surface area contributed by atoms with E-state index in [0.717, 1.165) is 20.8 Å². The number of nitrogens with zero attached hydrogens (tertiary/aromatic N) is 2. The molecule has 0 bridgehead atoms. The summed E-state index contributed by atoms with van der Waals surface area (Å²) in [4.78, 5) is 22.5. The van der Waals surface area contributed by atoms with Crippen LogP contribution in [-0.2, 0) is 6.54 Å². The molecule has 0 unspecified atom stereocenters. The minimum atomic E-state index is -0.0587. The molecule has 6 heteroatoms. The van der Waals surface area contributed by atoms with E-state index in [1.165, 1.54) is 0 Å². The lowest BCUT2D eigenvalue weighted by Gasteiger charge is -2.14. The van der Waals surface area contributed by atoms with Crippen molar-refractivity contribution in [3.8, 4) is 0 Å². The van der Waals surface area contributed by atoms with Crippen LogP contribution >= 0.6 is 11.3 Å². The third-order valence-electron chi connectivity index (χ3n) is 3.33. The van der Waals surface area contributed by atoms with E-state index >= 15 is 0 Å². The summed E-state index contributed by atoms with van der Waals surface area (Å²) in [6.07, 6.45) is 1.81. The number of hydrogen-bond donors (Lipinski definition) is 2. The Morgan fingerprint density at radius 3 is 2.95 bits per heavy atom. The van der Waals surface area contributed by atoms with Crippen LogP contribution in [0.25, 0.3) is 10.9 Å². The van der Waals surface area contributed by atoms with Crippen LogP contribution < -0.4 is 5.73 Å². The van der Waals surface area contributed by atoms with Crippen LogP contribution in [0.5, 0.6) is 0 Å². The average molecular weight is 300 g/mol. The van der Waals surface area contributed by atoms with Crippen molar-refractivity contribution in [2.24, 2.45) is 0 Å². The van der Waals surface area contributed by atoms with E-state index in [0.29, 0.717) is 17.9 Å². The van der Waals surface area contributed by atoms with E-state index in [2.05, 4.69) is 9.97 Å². The van der Waals surface area contributed by atoms with Crippen LogP contribution in [0.15, 0.2) is 30.5 Å². The maximum Gasteiger partial charge on any atom is 0.270 e. The van der Waals surface area contributed by atoms with Crippen molar-refractivity contribution in [1.82, 2.24) is 14.9 Å². The number of hydrogen-bond acceptors (Lipinski definition) is 4. The van der Waals surface area contributed by atoms with Gasteiger partial charge in [0.1, 0.15) is 5.69 Å². The highest BCUT2D eigenvalue weighted by Crippen LogP contribution is 2.22. The highest BCUT2D eigenvalue weighted by molar-refractivity contribution is 7.11. The molecule has 0 atom stereocenters. The van der Waals surface area contributed by atoms with Gasteiger partial charge in [0.15, 0.2) is 0 Å². The van der Waals surface area contributed by atoms with Gasteiger partial charge >= 0.3 is 0 Å². The molecule has 0 aliphatic carbocycles. The van der Waals surface area contributed by atoms with E-state index in [1.807, 2.05) is 37.4 Å². The van der Waals surface area contributed by atoms with Crippen molar-refractivity contribution in [3.05, 3.63) is 46.0 Å². The Bertz CT molecular complexity index is 805. The van der Waals surface area contributed by atoms with Gasteiger partial charge in [-0.05, 0) is 19.1 Å². The number of carbonyl (C=O) groups is 1. The fourth-order valence-electron chi connectivity index (χ4n) is 2.28. The zero-order valence-electron chi connectivity index (χ0n) is 11.9. The quantitative estimate of drug-likeness (QED) is 0.730. The van der Waals surface area contributed by atoms with Crippen molar-refractivity contribution >= 4 is 33.8 Å². The number of aromatic nitrogens is 2. The minimum Gasteiger partial charge on any atom is -0.397 e. The third-order valence-corrected chi connectivity index (χ3v) is 4.23. The molecular weight excluding hydrogens is 284 g/mol. The molecule has 108 valence electrons. The minimum absolute atomic E-state index is 0.0587. The molecule has 1 amide bonds. The van der Waals surface area contributed by atoms with Gasteiger partial charge in [0.05, 0.1) is 22.8 Å². The van der Waals surface area contributed by atoms with Gasteiger partial charge in [0, 0.05) is 23.5 Å². The number of thiazole rings is 1. The normalized spacial score (nSPS) is 11.0. The number of amides is 1. The van der Waals surface area contributed by atoms with E-state index < -0.39 is 0 Å². The highest BCUT2D eigenvalue weighted by atomic mass is 32.1. The molecule has 0 radical (unpaired) electrons. The van der Waals surface area contributed by atoms with Gasteiger partial charge in [-0.1, -0.05) is 12.1 Å². The molecule has 3 aromatic rings. The molecule has 0 aliphatic heterocycles. The molecule has 21 heavy (non-hydrogen) atoms. The second-order valence-corrected chi connectivity index (χ2v) is 6.32. The predicted molar refractivity (Wildman–Crippen MR) is 85.4 cm³/mol. The Kier molecular flexibility index (Phi) is 3.39. The number of rotatable bonds is 3. The summed E-state index contributed by atoms with van der Waals surface area (Å²) in [5.41, 5.74) is 7.91. The van der Waals surface area contributed by atoms with Gasteiger partial charge in [-0.3, -0.25) is 4.79 Å². The van der Waals surface area contributed by atoms with Gasteiger partial charge in [-0.25, -0.2) is 4.98 Å². The number of nitrogens with two attached hydrogens (primary N) is 1. The summed E-state index contributed by atoms with van der Waals surface area (Å²) >= 11 is 1.60. The summed E-state index contributed by atoms with van der Waals surface area (Å²) < 4.78 is 0. The number of nitrogens with one attached hydrogen (secondary N) is 1. The standard InChI is InChI=1S/C15H16N4OS/c1-9-17-7-11(21-9)8-19(2)15(20)13-6-10-4-3-5-12(16)14(10)18-13/h3-7,18H,8,16H2,1-2H3. The predicted octanol–water partition coefficient (Wildman–Crippen LogP) is 2.79. The number of aryl methyl sites for hydroxylation is 1. The summed E-state index contributed by atoms with van der Waals surface area (Å²) in [5.74, 6) is -0.0587. The number of H-pyrrole nitrogens is 1. The summed E-state index contributed by atoms with van der Waals surface area (Å²) in [5, 5.41) is 1.95. The second kappa shape index (κ2) is 5.21. The SMILES string of the molecule is Cc1ncc(CN(C)C(=O)c2cc3cccc(N)c3[nH]2)s1. The lowest BCUT2D eigenvalue weighted by molar-refractivity contribution is 0.0781. The van der Waals surface area contributed by atoms with E-state index in [1.54, 1.807) is 23.3 Å². The Labute approximate surface area is 126 Å². The first-order chi connectivity index (χ1) is 10.0. The molecule has 2 heterocycles. The lowest BCUT2D eigenvalue weighted by Crippen LogP contribution is -2.26. The molecule has 3 N–H and O–H groups in total. The van der Waals surface area contributed by atoms with Gasteiger partial charge in [0.2, 0.25) is 0 Å². The molecule has 0 aliphatic rings. The number of fused-ring (bicyclic) bond motifs is 1. The summed E-state index contributed by atoms with van der Waals surface area (Å²) in [7, 11) is 1.78. The Hall–Kier alpha value is -2.34. The third kappa shape index (κ3) is 2.62. The molecule has 2 aromatic heterocycles. The van der Waals surface area contributed by atoms with Crippen LogP contribution in [0, 0.1) is 6.92 Å². The number of benzene rings is 1. The maximum absolute atomic E-state index is 12.5. The van der Waals surface area contributed by atoms with Crippen LogP contribution in [0.3, 0.4) is 0 Å². The van der Waals surface area contributed by atoms with Crippen molar-refractivity contribution in [2.45, 2.75) is 13.5 Å². The second-order valence-electron chi connectivity index (χ2n) is 5.00. The van der Waals surface area contributed by atoms with Gasteiger partial charge in [0.25, 0.3) is 5.91 Å². The summed E-state index contributed by atoms with van der Waals surface area (Å²) in [6.45, 7) is 2.51. The maximum atomic E-state index is 12.5. The molecule has 1 aromatic carbocycles. The van der Waals surface area contributed by atoms with Crippen LogP contribution in [-0.4, -0.2) is 27.8 Å². The van der Waals surface area contributed by atoms with Crippen molar-refractivity contribution in [3.63, 3.8) is 0 Å². The van der Waals surface area contributed by atoms with Crippen LogP contribution in [0.2, 0.25) is 0 Å². The van der Waals surface area contributed by atoms with Gasteiger partial charge < -0.3 is 15.6 Å². The fraction of sp³-hybridized carbons (Fsp3) is 0.200. The molecule has 3 rings (SSSR count). The van der Waals surface area contributed by atoms with Crippen molar-refractivity contribution < 1.29 is 4.79 Å². The number of anilines is 1. The van der Waals surface area contributed by atoms with E-state index in [9.17, 15) is 4.79 Å². The topological polar surface area (TPSA) is 75.0 Å². The molecule has 0 spiro atoms. The van der Waals surface area contributed by atoms with Gasteiger partial charge in [-0.15, -0.1) is 11.3 Å². The summed E-state index contributed by atoms with van der Waals surface area (Å²) in [6, 6.07) is 7.47. The smallest absolute Gasteiger partial charge is 0.270 e. The van der Waals surface area contributed by atoms with E-state index in [4.69, 9.17) is 5.73 Å². The molecule has 5 nitrogen and oxygen atoms in total. The number of nitrogen functional groups attached to an aromatic ring is 1. The first-order valence-electron chi connectivity index (χ1n) is 6.58. The van der Waals surface area contributed by atoms with Crippen LogP contribution in [0.1, 0.15) is 20.4 Å². The zero-order chi connectivity index (χ0) is 15.0. The first kappa shape index (κ1) is 13.6. The first-order valence-corrected chi connectivity index (χ1v) is 7.40. The average Bonchev–Trinajstić information content (AvgIpc) is 3.05. The molecule has 0 saturated heterocycles. The Morgan fingerprint density at radius 2 is 2.29 bits per heavy atom. The number of aromatic amines is 1. The molecular formula is C15H16N4OS. The number of para-hydroxylation sites is 1. The lowest BCUT2D eigenvalue weighted by atomic mass is 10.2. The number of carbonyl (C=O) groups excluding carboxylic acids is 1. The Balaban J connectivity index is 1.84. The molecule has 0 saturated carbocycles. The Morgan fingerprint density at radius 1 is 1.48 bits per heavy atom. The van der Waals surface area contributed by atoms with Gasteiger partial charge in [-0.2, -0.15) is 0 Å². The monoisotopic (exact) mass is 300 g/mol. The van der Waals surface area contributed by atoms with Crippen molar-refractivity contribution in [2.75, 3.05) is 12.8 Å².